The van der Waals surface area contributed by atoms with Gasteiger partial charge in [0, 0.05) is 0 Å². The highest BCUT2D eigenvalue weighted by molar-refractivity contribution is 9.10. The summed E-state index contributed by atoms with van der Waals surface area (Å²) in [6.45, 7) is 3.78. The highest BCUT2D eigenvalue weighted by Gasteiger charge is 2.08. The predicted octanol–water partition coefficient (Wildman–Crippen LogP) is 2.46. The average molecular weight is 230 g/mol. The van der Waals surface area contributed by atoms with Gasteiger partial charge in [-0.05, 0) is 40.9 Å². The minimum Gasteiger partial charge on any atom is -0.387 e. The van der Waals surface area contributed by atoms with Gasteiger partial charge in [-0.3, -0.25) is 0 Å². The maximum Gasteiger partial charge on any atom is 0.106 e. The van der Waals surface area contributed by atoms with Crippen LogP contribution in [0.3, 0.4) is 0 Å². The summed E-state index contributed by atoms with van der Waals surface area (Å²) in [5, 5.41) is 9.38. The van der Waals surface area contributed by atoms with E-state index in [-0.39, 0.29) is 0 Å². The van der Waals surface area contributed by atoms with Crippen LogP contribution in [0.25, 0.3) is 0 Å². The minimum atomic E-state index is -0.488. The molecule has 0 spiro atoms. The molecule has 0 aliphatic carbocycles. The van der Waals surface area contributed by atoms with Crippen LogP contribution in [0.1, 0.15) is 31.2 Å². The van der Waals surface area contributed by atoms with E-state index in [1.807, 2.05) is 12.1 Å². The van der Waals surface area contributed by atoms with Crippen molar-refractivity contribution in [2.45, 2.75) is 26.4 Å². The Morgan fingerprint density at radius 3 is 2.75 bits per heavy atom. The highest BCUT2D eigenvalue weighted by Crippen LogP contribution is 2.18. The van der Waals surface area contributed by atoms with E-state index in [4.69, 9.17) is 0 Å². The van der Waals surface area contributed by atoms with Crippen molar-refractivity contribution in [2.24, 2.45) is 0 Å². The van der Waals surface area contributed by atoms with Crippen LogP contribution in [0, 0.1) is 0 Å². The average Bonchev–Trinajstić information content (AvgIpc) is 2.04. The van der Waals surface area contributed by atoms with Crippen molar-refractivity contribution in [1.29, 1.82) is 0 Å². The van der Waals surface area contributed by atoms with Crippen LogP contribution >= 0.6 is 15.9 Å². The summed E-state index contributed by atoms with van der Waals surface area (Å²) in [6.07, 6.45) is 0.415. The Balaban J connectivity index is 3.12. The summed E-state index contributed by atoms with van der Waals surface area (Å²) in [7, 11) is 0. The lowest BCUT2D eigenvalue weighted by molar-refractivity contribution is 0.193. The number of hydrogen-bond acceptors (Lipinski definition) is 2. The van der Waals surface area contributed by atoms with E-state index in [2.05, 4.69) is 27.8 Å². The lowest BCUT2D eigenvalue weighted by Gasteiger charge is -2.09. The monoisotopic (exact) mass is 229 g/mol. The molecule has 1 aromatic rings. The highest BCUT2D eigenvalue weighted by atomic mass is 79.9. The molecule has 0 saturated carbocycles. The molecule has 0 aromatic carbocycles. The normalized spacial score (nSPS) is 13.0. The first-order valence-corrected chi connectivity index (χ1v) is 4.77. The number of halogens is 1. The molecule has 1 N–H and O–H groups in total. The van der Waals surface area contributed by atoms with E-state index in [1.165, 1.54) is 0 Å². The van der Waals surface area contributed by atoms with Gasteiger partial charge in [-0.25, -0.2) is 4.98 Å². The van der Waals surface area contributed by atoms with Gasteiger partial charge in [0.25, 0.3) is 0 Å². The molecule has 1 heterocycles. The van der Waals surface area contributed by atoms with Crippen LogP contribution < -0.4 is 0 Å². The van der Waals surface area contributed by atoms with Crippen molar-refractivity contribution < 1.29 is 5.11 Å². The van der Waals surface area contributed by atoms with E-state index >= 15 is 0 Å². The van der Waals surface area contributed by atoms with Gasteiger partial charge in [0.1, 0.15) is 4.60 Å². The first-order chi connectivity index (χ1) is 5.65. The fourth-order valence-corrected chi connectivity index (χ4v) is 1.46. The summed E-state index contributed by atoms with van der Waals surface area (Å²) in [5.74, 6) is 0. The number of aryl methyl sites for hydroxylation is 1. The van der Waals surface area contributed by atoms with Gasteiger partial charge in [-0.1, -0.05) is 13.0 Å². The third-order valence-electron chi connectivity index (χ3n) is 1.75. The molecular formula is C9H12BrNO. The third kappa shape index (κ3) is 2.05. The smallest absolute Gasteiger partial charge is 0.106 e. The second-order valence-corrected chi connectivity index (χ2v) is 3.52. The molecule has 1 atom stereocenters. The predicted molar refractivity (Wildman–Crippen MR) is 51.9 cm³/mol. The van der Waals surface area contributed by atoms with Gasteiger partial charge >= 0.3 is 0 Å². The van der Waals surface area contributed by atoms with Crippen molar-refractivity contribution in [3.63, 3.8) is 0 Å². The minimum absolute atomic E-state index is 0.488. The maximum atomic E-state index is 9.38. The molecule has 1 unspecified atom stereocenters. The van der Waals surface area contributed by atoms with E-state index in [0.29, 0.717) is 0 Å². The Bertz CT molecular complexity index is 273. The van der Waals surface area contributed by atoms with Crippen molar-refractivity contribution in [2.75, 3.05) is 0 Å². The van der Waals surface area contributed by atoms with Crippen molar-refractivity contribution >= 4 is 15.9 Å². The molecule has 1 rings (SSSR count). The van der Waals surface area contributed by atoms with Gasteiger partial charge in [-0.2, -0.15) is 0 Å². The first-order valence-electron chi connectivity index (χ1n) is 3.98. The number of pyridine rings is 1. The Morgan fingerprint density at radius 2 is 2.25 bits per heavy atom. The lowest BCUT2D eigenvalue weighted by atomic mass is 10.1. The zero-order valence-electron chi connectivity index (χ0n) is 7.21. The largest absolute Gasteiger partial charge is 0.387 e. The molecule has 0 amide bonds. The van der Waals surface area contributed by atoms with Gasteiger partial charge < -0.3 is 5.11 Å². The standard InChI is InChI=1S/C9H12BrNO/c1-3-7-4-5-8(10)11-9(7)6(2)12/h4-6,12H,3H2,1-2H3. The Labute approximate surface area is 80.8 Å². The summed E-state index contributed by atoms with van der Waals surface area (Å²) in [6, 6.07) is 3.88. The molecule has 0 saturated heterocycles. The second-order valence-electron chi connectivity index (χ2n) is 2.71. The van der Waals surface area contributed by atoms with Crippen molar-refractivity contribution in [1.82, 2.24) is 4.98 Å². The molecule has 0 bridgehead atoms. The Morgan fingerprint density at radius 1 is 1.58 bits per heavy atom. The Hall–Kier alpha value is -0.410. The third-order valence-corrected chi connectivity index (χ3v) is 2.20. The summed E-state index contributed by atoms with van der Waals surface area (Å²) >= 11 is 3.27. The summed E-state index contributed by atoms with van der Waals surface area (Å²) < 4.78 is 0.774. The molecule has 12 heavy (non-hydrogen) atoms. The zero-order chi connectivity index (χ0) is 9.14. The molecule has 1 aromatic heterocycles. The van der Waals surface area contributed by atoms with E-state index in [1.54, 1.807) is 6.92 Å². The van der Waals surface area contributed by atoms with Crippen LogP contribution in [0.2, 0.25) is 0 Å². The fraction of sp³-hybridized carbons (Fsp3) is 0.444. The van der Waals surface area contributed by atoms with Crippen LogP contribution in [-0.2, 0) is 6.42 Å². The van der Waals surface area contributed by atoms with Crippen molar-refractivity contribution in [3.8, 4) is 0 Å². The molecule has 0 radical (unpaired) electrons. The number of nitrogens with zero attached hydrogens (tertiary/aromatic N) is 1. The molecule has 66 valence electrons. The SMILES string of the molecule is CCc1ccc(Br)nc1C(C)O. The van der Waals surface area contributed by atoms with Crippen LogP contribution in [-0.4, -0.2) is 10.1 Å². The molecule has 0 aliphatic heterocycles. The number of aliphatic hydroxyl groups excluding tert-OH is 1. The van der Waals surface area contributed by atoms with Gasteiger partial charge in [0.2, 0.25) is 0 Å². The number of aliphatic hydroxyl groups is 1. The summed E-state index contributed by atoms with van der Waals surface area (Å²) in [5.41, 5.74) is 1.88. The van der Waals surface area contributed by atoms with E-state index in [0.717, 1.165) is 22.3 Å². The molecule has 0 fully saturated rings. The molecule has 2 nitrogen and oxygen atoms in total. The molecule has 3 heteroatoms. The molecular weight excluding hydrogens is 218 g/mol. The van der Waals surface area contributed by atoms with Crippen molar-refractivity contribution in [3.05, 3.63) is 28.0 Å². The van der Waals surface area contributed by atoms with Gasteiger partial charge in [-0.15, -0.1) is 0 Å². The van der Waals surface area contributed by atoms with Crippen LogP contribution in [0.15, 0.2) is 16.7 Å². The zero-order valence-corrected chi connectivity index (χ0v) is 8.80. The fourth-order valence-electron chi connectivity index (χ4n) is 1.14. The second kappa shape index (κ2) is 4.01. The Kier molecular flexibility index (Phi) is 3.23. The number of rotatable bonds is 2. The summed E-state index contributed by atoms with van der Waals surface area (Å²) in [4.78, 5) is 4.21. The topological polar surface area (TPSA) is 33.1 Å². The lowest BCUT2D eigenvalue weighted by Crippen LogP contribution is -2.01. The van der Waals surface area contributed by atoms with E-state index in [9.17, 15) is 5.11 Å². The van der Waals surface area contributed by atoms with Crippen LogP contribution in [0.4, 0.5) is 0 Å². The first kappa shape index (κ1) is 9.68. The maximum absolute atomic E-state index is 9.38. The van der Waals surface area contributed by atoms with E-state index < -0.39 is 6.10 Å². The van der Waals surface area contributed by atoms with Gasteiger partial charge in [0.05, 0.1) is 11.8 Å². The van der Waals surface area contributed by atoms with Gasteiger partial charge in [0.15, 0.2) is 0 Å². The molecule has 0 aliphatic rings. The number of hydrogen-bond donors (Lipinski definition) is 1. The van der Waals surface area contributed by atoms with Crippen LogP contribution in [0.5, 0.6) is 0 Å². The number of aromatic nitrogens is 1. The quantitative estimate of drug-likeness (QED) is 0.791.